The Kier molecular flexibility index (Phi) is 29.4. The van der Waals surface area contributed by atoms with Crippen LogP contribution in [0.5, 0.6) is 0 Å². The van der Waals surface area contributed by atoms with Crippen LogP contribution >= 0.6 is 0 Å². The fourth-order valence-electron chi connectivity index (χ4n) is 11.5. The molecular formula is C62H98N14O10. The predicted molar refractivity (Wildman–Crippen MR) is 329 cm³/mol. The molecule has 1 saturated heterocycles. The molecule has 9 amide bonds. The van der Waals surface area contributed by atoms with Crippen molar-refractivity contribution in [3.05, 3.63) is 77.9 Å². The highest BCUT2D eigenvalue weighted by Crippen LogP contribution is 2.49. The second-order valence-electron chi connectivity index (χ2n) is 23.5. The number of nitrogens with two attached hydrogens (primary N) is 4. The molecule has 24 heteroatoms. The first-order chi connectivity index (χ1) is 41.3. The maximum Gasteiger partial charge on any atom is 0.244 e. The van der Waals surface area contributed by atoms with E-state index in [0.29, 0.717) is 24.8 Å². The van der Waals surface area contributed by atoms with Crippen LogP contribution < -0.4 is 76.1 Å². The number of carbonyl (C=O) groups excluding carboxylic acids is 9. The van der Waals surface area contributed by atoms with Crippen molar-refractivity contribution in [3.8, 4) is 0 Å². The zero-order valence-electron chi connectivity index (χ0n) is 50.6. The van der Waals surface area contributed by atoms with Gasteiger partial charge in [0.05, 0.1) is 18.1 Å². The summed E-state index contributed by atoms with van der Waals surface area (Å²) in [6, 6.07) is 5.72. The molecule has 19 N–H and O–H groups in total. The summed E-state index contributed by atoms with van der Waals surface area (Å²) < 4.78 is 0. The second kappa shape index (κ2) is 36.2. The fourth-order valence-corrected chi connectivity index (χ4v) is 11.5. The first-order valence-corrected chi connectivity index (χ1v) is 31.1. The summed E-state index contributed by atoms with van der Waals surface area (Å²) in [5.74, 6) is -7.51. The van der Waals surface area contributed by atoms with Gasteiger partial charge in [0.15, 0.2) is 0 Å². The van der Waals surface area contributed by atoms with Crippen molar-refractivity contribution in [2.24, 2.45) is 28.9 Å². The number of aliphatic hydroxyl groups is 1. The van der Waals surface area contributed by atoms with E-state index in [1.165, 1.54) is 0 Å². The van der Waals surface area contributed by atoms with Gasteiger partial charge in [0.2, 0.25) is 53.2 Å². The van der Waals surface area contributed by atoms with Crippen LogP contribution in [0.1, 0.15) is 153 Å². The van der Waals surface area contributed by atoms with E-state index in [1.807, 2.05) is 38.1 Å². The standard InChI is InChI=1S/C62H98N14O10/c1-4-5-6-8-14-21-41(77)36-53(78)68-52(38-66)61(86)72-48-27-33-67-54(79)51(37-43-42-22-15-16-23-44(42)76-62(43)28-17-9-7-10-18-29-62)75-57(82)47(26-32-65)69-55(80)45(24-30-63)71-59(84)49(34-39(2)3)73-60(85)50(35-40-19-12-11-13-20-40)74-56(81)46(25-31-64)70-58(48)83/h11-13,15-17,19-20,22-23,28,39,41,43,45-52,76-77H,4-10,14,18,21,24-27,29-38,63-66H2,1-3H3,(H,67,79)(H,68,78)(H,69,80)(H,70,83)(H,71,84)(H,72,86)(H,73,85)(H,74,81)(H,75,82)/b28-17-/t41-,43?,45+,46+,47+,48+,49+,50-,51+,52-,62?/m1/s1. The molecule has 476 valence electrons. The van der Waals surface area contributed by atoms with Crippen LogP contribution in [0.25, 0.3) is 0 Å². The monoisotopic (exact) mass is 1200 g/mol. The molecule has 1 spiro atoms. The number of benzene rings is 2. The molecule has 3 aliphatic rings. The Morgan fingerprint density at radius 2 is 1.23 bits per heavy atom. The van der Waals surface area contributed by atoms with Gasteiger partial charge in [-0.25, -0.2) is 0 Å². The lowest BCUT2D eigenvalue weighted by atomic mass is 9.74. The van der Waals surface area contributed by atoms with Crippen LogP contribution in [-0.2, 0) is 49.6 Å². The zero-order valence-corrected chi connectivity index (χ0v) is 50.6. The number of nitrogens with one attached hydrogen (secondary N) is 10. The number of carbonyl (C=O) groups is 9. The molecule has 5 rings (SSSR count). The summed E-state index contributed by atoms with van der Waals surface area (Å²) in [6.45, 7) is 4.80. The number of fused-ring (bicyclic) bond motifs is 1. The van der Waals surface area contributed by atoms with Crippen LogP contribution in [-0.4, -0.2) is 151 Å². The molecule has 2 aromatic carbocycles. The Morgan fingerprint density at radius 1 is 0.663 bits per heavy atom. The summed E-state index contributed by atoms with van der Waals surface area (Å²) in [5.41, 5.74) is 26.0. The number of hydrogen-bond donors (Lipinski definition) is 15. The van der Waals surface area contributed by atoms with Gasteiger partial charge in [-0.05, 0) is 107 Å². The van der Waals surface area contributed by atoms with Gasteiger partial charge in [0, 0.05) is 31.1 Å². The molecule has 2 unspecified atom stereocenters. The third-order valence-corrected chi connectivity index (χ3v) is 16.1. The Hall–Kier alpha value is -6.99. The summed E-state index contributed by atoms with van der Waals surface area (Å²) in [4.78, 5) is 130. The molecular weight excluding hydrogens is 1100 g/mol. The largest absolute Gasteiger partial charge is 0.393 e. The molecule has 2 aliphatic heterocycles. The molecule has 2 aromatic rings. The van der Waals surface area contributed by atoms with Crippen LogP contribution in [0.4, 0.5) is 5.69 Å². The van der Waals surface area contributed by atoms with Crippen LogP contribution in [0, 0.1) is 5.92 Å². The van der Waals surface area contributed by atoms with Crippen molar-refractivity contribution in [1.82, 2.24) is 47.9 Å². The predicted octanol–water partition coefficient (Wildman–Crippen LogP) is 0.649. The highest BCUT2D eigenvalue weighted by atomic mass is 16.3. The van der Waals surface area contributed by atoms with E-state index in [0.717, 1.165) is 62.6 Å². The van der Waals surface area contributed by atoms with Gasteiger partial charge in [-0.3, -0.25) is 43.2 Å². The van der Waals surface area contributed by atoms with Crippen molar-refractivity contribution in [3.63, 3.8) is 0 Å². The average Bonchev–Trinajstić information content (AvgIpc) is 3.52. The topological polar surface area (TPSA) is 398 Å². The number of unbranched alkanes of at least 4 members (excludes halogenated alkanes) is 4. The van der Waals surface area contributed by atoms with Crippen molar-refractivity contribution >= 4 is 58.9 Å². The van der Waals surface area contributed by atoms with Crippen molar-refractivity contribution < 1.29 is 48.3 Å². The van der Waals surface area contributed by atoms with E-state index in [-0.39, 0.29) is 89.4 Å². The first kappa shape index (κ1) is 69.8. The maximum atomic E-state index is 15.0. The number of hydrogen-bond acceptors (Lipinski definition) is 15. The second-order valence-corrected chi connectivity index (χ2v) is 23.5. The molecule has 1 aliphatic carbocycles. The number of anilines is 1. The van der Waals surface area contributed by atoms with E-state index in [1.54, 1.807) is 30.3 Å². The van der Waals surface area contributed by atoms with Crippen LogP contribution in [0.2, 0.25) is 0 Å². The highest BCUT2D eigenvalue weighted by Gasteiger charge is 2.46. The van der Waals surface area contributed by atoms with Gasteiger partial charge < -0.3 is 81.2 Å². The molecule has 0 saturated carbocycles. The summed E-state index contributed by atoms with van der Waals surface area (Å²) >= 11 is 0. The van der Waals surface area contributed by atoms with E-state index in [2.05, 4.69) is 72.2 Å². The Bertz CT molecular complexity index is 2570. The lowest BCUT2D eigenvalue weighted by Crippen LogP contribution is -2.61. The number of amides is 9. The van der Waals surface area contributed by atoms with Gasteiger partial charge in [-0.1, -0.05) is 126 Å². The molecule has 0 aromatic heterocycles. The molecule has 11 atom stereocenters. The third-order valence-electron chi connectivity index (χ3n) is 16.1. The minimum absolute atomic E-state index is 0.0528. The fraction of sp³-hybridized carbons (Fsp3) is 0.629. The van der Waals surface area contributed by atoms with E-state index in [4.69, 9.17) is 22.9 Å². The SMILES string of the molecule is CCCCCCC[C@@H](O)CC(=O)N[C@H](CN)C(=O)N[C@H]1CCNC(=O)[C@H](CC2c3ccccc3NC23/C=C\CCCCC3)NC(=O)[C@H](CCN)NC(=O)[C@H](CCN)NC(=O)[C@H](CC(C)C)NC(=O)[C@@H](Cc2ccccc2)NC(=O)[C@H](CCN)NC1=O. The van der Waals surface area contributed by atoms with E-state index in [9.17, 15) is 48.3 Å². The van der Waals surface area contributed by atoms with Gasteiger partial charge in [0.1, 0.15) is 48.3 Å². The maximum absolute atomic E-state index is 15.0. The van der Waals surface area contributed by atoms with Gasteiger partial charge in [-0.2, -0.15) is 0 Å². The quantitative estimate of drug-likeness (QED) is 0.0507. The molecule has 0 radical (unpaired) electrons. The van der Waals surface area contributed by atoms with Gasteiger partial charge in [-0.15, -0.1) is 0 Å². The van der Waals surface area contributed by atoms with E-state index >= 15 is 0 Å². The lowest BCUT2D eigenvalue weighted by molar-refractivity contribution is -0.136. The average molecular weight is 1200 g/mol. The smallest absolute Gasteiger partial charge is 0.244 e. The molecule has 86 heavy (non-hydrogen) atoms. The molecule has 1 fully saturated rings. The van der Waals surface area contributed by atoms with Crippen LogP contribution in [0.3, 0.4) is 0 Å². The Balaban J connectivity index is 1.56. The minimum Gasteiger partial charge on any atom is -0.393 e. The third kappa shape index (κ3) is 21.8. The number of rotatable bonds is 24. The number of para-hydroxylation sites is 1. The summed E-state index contributed by atoms with van der Waals surface area (Å²) in [5, 5.41) is 39.2. The normalized spacial score (nSPS) is 25.9. The van der Waals surface area contributed by atoms with Crippen molar-refractivity contribution in [1.29, 1.82) is 0 Å². The first-order valence-electron chi connectivity index (χ1n) is 31.1. The highest BCUT2D eigenvalue weighted by molar-refractivity contribution is 5.98. The van der Waals surface area contributed by atoms with Crippen molar-refractivity contribution in [2.45, 2.75) is 209 Å². The molecule has 0 bridgehead atoms. The Morgan fingerprint density at radius 3 is 1.86 bits per heavy atom. The molecule has 24 nitrogen and oxygen atoms in total. The number of aliphatic hydroxyl groups excluding tert-OH is 1. The number of allylic oxidation sites excluding steroid dienone is 1. The zero-order chi connectivity index (χ0) is 62.6. The Labute approximate surface area is 506 Å². The summed E-state index contributed by atoms with van der Waals surface area (Å²) in [6.07, 6.45) is 12.0. The van der Waals surface area contributed by atoms with Crippen LogP contribution in [0.15, 0.2) is 66.7 Å². The summed E-state index contributed by atoms with van der Waals surface area (Å²) in [7, 11) is 0. The minimum atomic E-state index is -1.52. The van der Waals surface area contributed by atoms with Gasteiger partial charge >= 0.3 is 0 Å². The lowest BCUT2D eigenvalue weighted by Gasteiger charge is -2.37. The van der Waals surface area contributed by atoms with E-state index < -0.39 is 120 Å². The van der Waals surface area contributed by atoms with Gasteiger partial charge in [0.25, 0.3) is 0 Å². The van der Waals surface area contributed by atoms with Crippen molar-refractivity contribution in [2.75, 3.05) is 38.0 Å². The molecule has 2 heterocycles.